The van der Waals surface area contributed by atoms with Crippen molar-refractivity contribution < 1.29 is 18.3 Å². The van der Waals surface area contributed by atoms with Gasteiger partial charge in [0.1, 0.15) is 21.7 Å². The van der Waals surface area contributed by atoms with Crippen molar-refractivity contribution in [3.63, 3.8) is 0 Å². The molecule has 2 aromatic carbocycles. The first-order valence-corrected chi connectivity index (χ1v) is 11.8. The van der Waals surface area contributed by atoms with Crippen molar-refractivity contribution in [2.24, 2.45) is 18.0 Å². The molecule has 0 saturated carbocycles. The van der Waals surface area contributed by atoms with E-state index in [9.17, 15) is 18.3 Å². The van der Waals surface area contributed by atoms with Gasteiger partial charge in [-0.3, -0.25) is 9.98 Å². The minimum absolute atomic E-state index is 0.0264. The highest BCUT2D eigenvalue weighted by Gasteiger charge is 2.30. The summed E-state index contributed by atoms with van der Waals surface area (Å²) in [4.78, 5) is 4.76. The van der Waals surface area contributed by atoms with Gasteiger partial charge in [0.2, 0.25) is 5.62 Å². The second-order valence-corrected chi connectivity index (χ2v) is 9.42. The molecule has 1 aliphatic rings. The van der Waals surface area contributed by atoms with Gasteiger partial charge in [-0.25, -0.2) is 4.99 Å². The van der Waals surface area contributed by atoms with E-state index in [1.807, 2.05) is 4.57 Å². The Labute approximate surface area is 210 Å². The fourth-order valence-corrected chi connectivity index (χ4v) is 4.23. The number of hydrogen-bond acceptors (Lipinski definition) is 6. The lowest BCUT2D eigenvalue weighted by Gasteiger charge is -2.16. The van der Waals surface area contributed by atoms with E-state index < -0.39 is 11.7 Å². The van der Waals surface area contributed by atoms with Gasteiger partial charge in [0.05, 0.1) is 23.4 Å². The maximum atomic E-state index is 12.9. The van der Waals surface area contributed by atoms with Crippen molar-refractivity contribution in [3.05, 3.63) is 80.6 Å². The summed E-state index contributed by atoms with van der Waals surface area (Å²) in [5, 5.41) is 25.5. The molecule has 0 unspecified atom stereocenters. The molecular weight excluding hydrogens is 489 g/mol. The van der Waals surface area contributed by atoms with Gasteiger partial charge in [0, 0.05) is 19.3 Å². The number of aromatic hydroxyl groups is 1. The highest BCUT2D eigenvalue weighted by molar-refractivity contribution is 7.71. The topological polar surface area (TPSA) is 90.4 Å². The molecule has 1 aliphatic heterocycles. The maximum Gasteiger partial charge on any atom is 0.416 e. The first kappa shape index (κ1) is 25.5. The van der Waals surface area contributed by atoms with Gasteiger partial charge in [-0.1, -0.05) is 38.2 Å². The first-order chi connectivity index (χ1) is 17.0. The minimum Gasteiger partial charge on any atom is -0.508 e. The van der Waals surface area contributed by atoms with Crippen LogP contribution >= 0.6 is 12.2 Å². The predicted octanol–water partition coefficient (Wildman–Crippen LogP) is 3.39. The van der Waals surface area contributed by atoms with Crippen LogP contribution in [0.5, 0.6) is 5.75 Å². The zero-order chi connectivity index (χ0) is 26.2. The monoisotopic (exact) mass is 516 g/mol. The van der Waals surface area contributed by atoms with E-state index in [1.54, 1.807) is 23.7 Å². The molecule has 0 amide bonds. The van der Waals surface area contributed by atoms with Crippen LogP contribution in [0.25, 0.3) is 5.82 Å². The Bertz CT molecular complexity index is 1510. The molecule has 0 bridgehead atoms. The van der Waals surface area contributed by atoms with E-state index in [0.717, 1.165) is 12.1 Å². The molecule has 3 aromatic rings. The van der Waals surface area contributed by atoms with Gasteiger partial charge >= 0.3 is 6.18 Å². The van der Waals surface area contributed by atoms with Crippen molar-refractivity contribution >= 4 is 23.7 Å². The molecule has 0 radical (unpaired) electrons. The van der Waals surface area contributed by atoms with E-state index in [1.165, 1.54) is 24.3 Å². The summed E-state index contributed by atoms with van der Waals surface area (Å²) in [7, 11) is 1.80. The van der Waals surface area contributed by atoms with Crippen LogP contribution in [0.15, 0.2) is 53.5 Å². The standard InChI is InChI=1S/C25H27F3N6OS/c1-14(2)19-13-34-21(29)20(23(36)33(3)24(34)32-19)22(31-17-8-10-18(35)11-9-17)30-12-15-4-6-16(7-5-15)25(26,27)28/h4-11,14,19,29-31,35H,12-13H2,1-3H3/b22-20-,29-21?/t19-/m0/s1. The predicted molar refractivity (Wildman–Crippen MR) is 133 cm³/mol. The number of hydrogen-bond donors (Lipinski definition) is 4. The molecule has 7 nitrogen and oxygen atoms in total. The third-order valence-electron chi connectivity index (χ3n) is 6.12. The summed E-state index contributed by atoms with van der Waals surface area (Å²) >= 11 is 5.73. The van der Waals surface area contributed by atoms with Gasteiger partial charge in [0.15, 0.2) is 0 Å². The fourth-order valence-electron chi connectivity index (χ4n) is 3.95. The molecule has 0 spiro atoms. The van der Waals surface area contributed by atoms with Gasteiger partial charge in [-0.2, -0.15) is 13.2 Å². The second-order valence-electron chi connectivity index (χ2n) is 9.03. The Kier molecular flexibility index (Phi) is 6.94. The number of aromatic nitrogens is 2. The molecule has 36 heavy (non-hydrogen) atoms. The largest absolute Gasteiger partial charge is 0.508 e. The number of anilines is 1. The zero-order valence-corrected chi connectivity index (χ0v) is 20.8. The number of phenolic OH excluding ortho intramolecular Hbond substituents is 1. The number of rotatable bonds is 6. The zero-order valence-electron chi connectivity index (χ0n) is 20.0. The normalized spacial score (nSPS) is 15.9. The van der Waals surface area contributed by atoms with Crippen LogP contribution in [-0.4, -0.2) is 20.3 Å². The third-order valence-corrected chi connectivity index (χ3v) is 6.60. The molecule has 1 atom stereocenters. The SMILES string of the molecule is CC(C)[C@@H]1Cn2c(=N)/c(=C(\NCc3ccc(C(F)(F)F)cc3)Nc3ccc(O)cc3)c(=S)n(C)c2=N1. The van der Waals surface area contributed by atoms with Crippen LogP contribution < -0.4 is 27.0 Å². The quantitative estimate of drug-likeness (QED) is 0.299. The van der Waals surface area contributed by atoms with Crippen molar-refractivity contribution in [1.82, 2.24) is 14.5 Å². The summed E-state index contributed by atoms with van der Waals surface area (Å²) in [6.07, 6.45) is -4.41. The number of alkyl halides is 3. The molecule has 0 fully saturated rings. The van der Waals surface area contributed by atoms with Crippen LogP contribution in [-0.2, 0) is 26.3 Å². The van der Waals surface area contributed by atoms with Gasteiger partial charge in [0.25, 0.3) is 0 Å². The molecule has 11 heteroatoms. The van der Waals surface area contributed by atoms with Crippen molar-refractivity contribution in [2.75, 3.05) is 5.32 Å². The van der Waals surface area contributed by atoms with Crippen LogP contribution in [0, 0.1) is 16.0 Å². The highest BCUT2D eigenvalue weighted by Crippen LogP contribution is 2.29. The van der Waals surface area contributed by atoms with Crippen molar-refractivity contribution in [3.8, 4) is 5.75 Å². The minimum atomic E-state index is -4.41. The Hall–Kier alpha value is -3.60. The van der Waals surface area contributed by atoms with Gasteiger partial charge in [-0.05, 0) is 47.9 Å². The molecule has 0 saturated heterocycles. The Morgan fingerprint density at radius 2 is 1.81 bits per heavy atom. The lowest BCUT2D eigenvalue weighted by molar-refractivity contribution is -0.137. The van der Waals surface area contributed by atoms with Gasteiger partial charge in [-0.15, -0.1) is 0 Å². The van der Waals surface area contributed by atoms with E-state index in [4.69, 9.17) is 22.6 Å². The smallest absolute Gasteiger partial charge is 0.416 e. The molecule has 4 N–H and O–H groups in total. The number of nitrogens with one attached hydrogen (secondary N) is 3. The number of halogens is 3. The highest BCUT2D eigenvalue weighted by atomic mass is 32.1. The Morgan fingerprint density at radius 1 is 1.17 bits per heavy atom. The fraction of sp³-hybridized carbons (Fsp3) is 0.320. The molecule has 1 aromatic heterocycles. The molecule has 2 heterocycles. The summed E-state index contributed by atoms with van der Waals surface area (Å²) in [6.45, 7) is 4.90. The maximum absolute atomic E-state index is 12.9. The van der Waals surface area contributed by atoms with E-state index in [2.05, 4.69) is 24.5 Å². The van der Waals surface area contributed by atoms with E-state index >= 15 is 0 Å². The third kappa shape index (κ3) is 5.15. The number of benzene rings is 2. The molecule has 0 aliphatic carbocycles. The number of fused-ring (bicyclic) bond motifs is 1. The molecular formula is C25H27F3N6OS. The summed E-state index contributed by atoms with van der Waals surface area (Å²) in [6, 6.07) is 11.3. The van der Waals surface area contributed by atoms with Gasteiger partial charge < -0.3 is 20.3 Å². The van der Waals surface area contributed by atoms with Crippen LogP contribution in [0.1, 0.15) is 25.0 Å². The lowest BCUT2D eigenvalue weighted by atomic mass is 10.1. The number of phenols is 1. The number of nitrogens with zero attached hydrogens (tertiary/aromatic N) is 3. The van der Waals surface area contributed by atoms with Crippen LogP contribution in [0.2, 0.25) is 0 Å². The molecule has 190 valence electrons. The van der Waals surface area contributed by atoms with Crippen LogP contribution in [0.4, 0.5) is 18.9 Å². The Balaban J connectivity index is 1.80. The summed E-state index contributed by atoms with van der Waals surface area (Å²) in [5.74, 6) is 0.818. The van der Waals surface area contributed by atoms with Crippen molar-refractivity contribution in [1.29, 1.82) is 5.41 Å². The Morgan fingerprint density at radius 3 is 2.39 bits per heavy atom. The average Bonchev–Trinajstić information content (AvgIpc) is 3.29. The van der Waals surface area contributed by atoms with Crippen molar-refractivity contribution in [2.45, 2.75) is 39.2 Å². The van der Waals surface area contributed by atoms with E-state index in [0.29, 0.717) is 39.1 Å². The second kappa shape index (κ2) is 9.81. The summed E-state index contributed by atoms with van der Waals surface area (Å²) < 4.78 is 42.8. The lowest BCUT2D eigenvalue weighted by Crippen LogP contribution is -2.49. The van der Waals surface area contributed by atoms with Crippen LogP contribution in [0.3, 0.4) is 0 Å². The average molecular weight is 517 g/mol. The van der Waals surface area contributed by atoms with E-state index in [-0.39, 0.29) is 29.7 Å². The summed E-state index contributed by atoms with van der Waals surface area (Å²) in [5.41, 5.74) is 1.35. The first-order valence-electron chi connectivity index (χ1n) is 11.4. The molecule has 4 rings (SSSR count).